The topological polar surface area (TPSA) is 76.1 Å². The Morgan fingerprint density at radius 2 is 1.71 bits per heavy atom. The lowest BCUT2D eigenvalue weighted by atomic mass is 10.1. The van der Waals surface area contributed by atoms with Crippen LogP contribution in [-0.2, 0) is 6.42 Å². The molecule has 0 radical (unpaired) electrons. The van der Waals surface area contributed by atoms with Crippen molar-refractivity contribution in [2.24, 2.45) is 0 Å². The molecule has 0 saturated carbocycles. The summed E-state index contributed by atoms with van der Waals surface area (Å²) in [6, 6.07) is 17.3. The van der Waals surface area contributed by atoms with Crippen molar-refractivity contribution in [1.29, 1.82) is 0 Å². The lowest BCUT2D eigenvalue weighted by Crippen LogP contribution is -2.26. The zero-order valence-corrected chi connectivity index (χ0v) is 16.3. The van der Waals surface area contributed by atoms with Gasteiger partial charge >= 0.3 is 0 Å². The number of carbonyl (C=O) groups excluding carboxylic acids is 1. The predicted octanol–water partition coefficient (Wildman–Crippen LogP) is 3.82. The van der Waals surface area contributed by atoms with Crippen LogP contribution in [0, 0.1) is 13.8 Å². The van der Waals surface area contributed by atoms with Gasteiger partial charge in [-0.15, -0.1) is 10.2 Å². The number of aryl methyl sites for hydroxylation is 2. The van der Waals surface area contributed by atoms with Crippen LogP contribution in [0.15, 0.2) is 54.6 Å². The minimum atomic E-state index is -0.249. The fourth-order valence-electron chi connectivity index (χ4n) is 2.97. The van der Waals surface area contributed by atoms with Gasteiger partial charge in [-0.05, 0) is 55.2 Å². The molecule has 28 heavy (non-hydrogen) atoms. The van der Waals surface area contributed by atoms with E-state index in [-0.39, 0.29) is 11.6 Å². The van der Waals surface area contributed by atoms with E-state index in [9.17, 15) is 4.79 Å². The summed E-state index contributed by atoms with van der Waals surface area (Å²) in [5, 5.41) is 14.3. The quantitative estimate of drug-likeness (QED) is 0.656. The van der Waals surface area contributed by atoms with Gasteiger partial charge in [-0.3, -0.25) is 4.79 Å². The SMILES string of the molecule is COc1ccccc1CCNC(=O)c1ccc(Nc2c(C)cccc2C)nn1. The minimum absolute atomic E-state index is 0.249. The van der Waals surface area contributed by atoms with Crippen molar-refractivity contribution in [3.05, 3.63) is 77.0 Å². The fraction of sp³-hybridized carbons (Fsp3) is 0.227. The second-order valence-electron chi connectivity index (χ2n) is 6.51. The summed E-state index contributed by atoms with van der Waals surface area (Å²) < 4.78 is 5.32. The van der Waals surface area contributed by atoms with E-state index >= 15 is 0 Å². The number of ether oxygens (including phenoxy) is 1. The Balaban J connectivity index is 1.58. The molecule has 0 spiro atoms. The summed E-state index contributed by atoms with van der Waals surface area (Å²) in [6.45, 7) is 4.56. The standard InChI is InChI=1S/C22H24N4O2/c1-15-7-6-8-16(2)21(15)24-20-12-11-18(25-26-20)22(27)23-14-13-17-9-4-5-10-19(17)28-3/h4-12H,13-14H2,1-3H3,(H,23,27)(H,24,26). The summed E-state index contributed by atoms with van der Waals surface area (Å²) in [5.74, 6) is 1.17. The molecule has 0 aliphatic rings. The average molecular weight is 376 g/mol. The summed E-state index contributed by atoms with van der Waals surface area (Å²) in [5.41, 5.74) is 4.59. The Morgan fingerprint density at radius 1 is 0.964 bits per heavy atom. The van der Waals surface area contributed by atoms with E-state index in [2.05, 4.69) is 20.8 Å². The second kappa shape index (κ2) is 8.99. The van der Waals surface area contributed by atoms with Crippen molar-refractivity contribution in [3.8, 4) is 5.75 Å². The molecular formula is C22H24N4O2. The van der Waals surface area contributed by atoms with E-state index in [4.69, 9.17) is 4.74 Å². The first-order chi connectivity index (χ1) is 13.6. The smallest absolute Gasteiger partial charge is 0.271 e. The fourth-order valence-corrected chi connectivity index (χ4v) is 2.97. The first-order valence-electron chi connectivity index (χ1n) is 9.15. The highest BCUT2D eigenvalue weighted by Gasteiger charge is 2.10. The average Bonchev–Trinajstić information content (AvgIpc) is 2.71. The zero-order valence-electron chi connectivity index (χ0n) is 16.3. The van der Waals surface area contributed by atoms with Crippen LogP contribution < -0.4 is 15.4 Å². The van der Waals surface area contributed by atoms with E-state index in [1.807, 2.05) is 56.3 Å². The Kier molecular flexibility index (Phi) is 6.22. The van der Waals surface area contributed by atoms with Crippen molar-refractivity contribution in [1.82, 2.24) is 15.5 Å². The Labute approximate surface area is 165 Å². The molecule has 0 saturated heterocycles. The van der Waals surface area contributed by atoms with E-state index in [1.165, 1.54) is 0 Å². The van der Waals surface area contributed by atoms with Crippen molar-refractivity contribution in [2.75, 3.05) is 19.0 Å². The molecule has 3 rings (SSSR count). The van der Waals surface area contributed by atoms with Gasteiger partial charge in [-0.1, -0.05) is 36.4 Å². The van der Waals surface area contributed by atoms with E-state index < -0.39 is 0 Å². The number of nitrogens with one attached hydrogen (secondary N) is 2. The van der Waals surface area contributed by atoms with Crippen LogP contribution in [0.3, 0.4) is 0 Å². The minimum Gasteiger partial charge on any atom is -0.496 e. The molecule has 0 unspecified atom stereocenters. The summed E-state index contributed by atoms with van der Waals surface area (Å²) in [4.78, 5) is 12.3. The molecule has 1 aromatic heterocycles. The lowest BCUT2D eigenvalue weighted by Gasteiger charge is -2.11. The maximum absolute atomic E-state index is 12.3. The second-order valence-corrected chi connectivity index (χ2v) is 6.51. The molecule has 2 N–H and O–H groups in total. The van der Waals surface area contributed by atoms with Crippen molar-refractivity contribution in [2.45, 2.75) is 20.3 Å². The number of carbonyl (C=O) groups is 1. The highest BCUT2D eigenvalue weighted by Crippen LogP contribution is 2.23. The van der Waals surface area contributed by atoms with Crippen LogP contribution in [0.5, 0.6) is 5.75 Å². The third kappa shape index (κ3) is 4.65. The van der Waals surface area contributed by atoms with Crippen LogP contribution in [0.2, 0.25) is 0 Å². The first-order valence-corrected chi connectivity index (χ1v) is 9.15. The van der Waals surface area contributed by atoms with Gasteiger partial charge in [-0.2, -0.15) is 0 Å². The van der Waals surface area contributed by atoms with Gasteiger partial charge in [-0.25, -0.2) is 0 Å². The first kappa shape index (κ1) is 19.4. The third-order valence-electron chi connectivity index (χ3n) is 4.50. The molecule has 144 valence electrons. The molecule has 1 amide bonds. The van der Waals surface area contributed by atoms with E-state index in [1.54, 1.807) is 19.2 Å². The van der Waals surface area contributed by atoms with Gasteiger partial charge in [0.15, 0.2) is 11.5 Å². The molecule has 0 aliphatic carbocycles. The number of benzene rings is 2. The Morgan fingerprint density at radius 3 is 2.39 bits per heavy atom. The lowest BCUT2D eigenvalue weighted by molar-refractivity contribution is 0.0948. The number of hydrogen-bond acceptors (Lipinski definition) is 5. The monoisotopic (exact) mass is 376 g/mol. The number of nitrogens with zero attached hydrogens (tertiary/aromatic N) is 2. The number of para-hydroxylation sites is 2. The number of rotatable bonds is 7. The molecule has 2 aromatic carbocycles. The van der Waals surface area contributed by atoms with Gasteiger partial charge in [0, 0.05) is 12.2 Å². The molecule has 0 aliphatic heterocycles. The van der Waals surface area contributed by atoms with Gasteiger partial charge in [0.25, 0.3) is 5.91 Å². The number of methoxy groups -OCH3 is 1. The molecule has 1 heterocycles. The molecule has 0 bridgehead atoms. The molecule has 3 aromatic rings. The Bertz CT molecular complexity index is 935. The molecule has 6 heteroatoms. The largest absolute Gasteiger partial charge is 0.496 e. The molecule has 6 nitrogen and oxygen atoms in total. The Hall–Kier alpha value is -3.41. The van der Waals surface area contributed by atoms with Crippen LogP contribution in [0.1, 0.15) is 27.2 Å². The highest BCUT2D eigenvalue weighted by molar-refractivity contribution is 5.92. The van der Waals surface area contributed by atoms with Crippen LogP contribution in [0.4, 0.5) is 11.5 Å². The predicted molar refractivity (Wildman–Crippen MR) is 110 cm³/mol. The van der Waals surface area contributed by atoms with Crippen molar-refractivity contribution >= 4 is 17.4 Å². The number of anilines is 2. The molecule has 0 fully saturated rings. The van der Waals surface area contributed by atoms with Crippen LogP contribution in [0.25, 0.3) is 0 Å². The van der Waals surface area contributed by atoms with E-state index in [0.29, 0.717) is 18.8 Å². The molecule has 0 atom stereocenters. The van der Waals surface area contributed by atoms with Gasteiger partial charge in [0.1, 0.15) is 5.75 Å². The van der Waals surface area contributed by atoms with Crippen LogP contribution in [-0.4, -0.2) is 29.8 Å². The maximum atomic E-state index is 12.3. The summed E-state index contributed by atoms with van der Waals surface area (Å²) in [6.07, 6.45) is 0.676. The van der Waals surface area contributed by atoms with Crippen molar-refractivity contribution < 1.29 is 9.53 Å². The number of aromatic nitrogens is 2. The normalized spacial score (nSPS) is 10.4. The van der Waals surface area contributed by atoms with E-state index in [0.717, 1.165) is 28.1 Å². The maximum Gasteiger partial charge on any atom is 0.271 e. The third-order valence-corrected chi connectivity index (χ3v) is 4.50. The van der Waals surface area contributed by atoms with Crippen molar-refractivity contribution in [3.63, 3.8) is 0 Å². The summed E-state index contributed by atoms with van der Waals surface area (Å²) in [7, 11) is 1.64. The van der Waals surface area contributed by atoms with Gasteiger partial charge < -0.3 is 15.4 Å². The summed E-state index contributed by atoms with van der Waals surface area (Å²) >= 11 is 0. The zero-order chi connectivity index (χ0) is 19.9. The highest BCUT2D eigenvalue weighted by atomic mass is 16.5. The van der Waals surface area contributed by atoms with Gasteiger partial charge in [0.2, 0.25) is 0 Å². The number of amides is 1. The molecular weight excluding hydrogens is 352 g/mol. The van der Waals surface area contributed by atoms with Gasteiger partial charge in [0.05, 0.1) is 7.11 Å². The van der Waals surface area contributed by atoms with Crippen LogP contribution >= 0.6 is 0 Å². The number of hydrogen-bond donors (Lipinski definition) is 2.